The Kier molecular flexibility index (Phi) is 3.85. The Morgan fingerprint density at radius 3 is 2.63 bits per heavy atom. The van der Waals surface area contributed by atoms with Crippen LogP contribution in [0.1, 0.15) is 15.9 Å². The van der Waals surface area contributed by atoms with Crippen molar-refractivity contribution in [3.63, 3.8) is 0 Å². The quantitative estimate of drug-likeness (QED) is 0.804. The summed E-state index contributed by atoms with van der Waals surface area (Å²) in [6.45, 7) is 1.50. The summed E-state index contributed by atoms with van der Waals surface area (Å²) in [4.78, 5) is 12.5. The second-order valence-corrected chi connectivity index (χ2v) is 4.57. The number of hydrogen-bond acceptors (Lipinski definition) is 2. The van der Waals surface area contributed by atoms with Crippen LogP contribution in [0, 0.1) is 18.6 Å². The van der Waals surface area contributed by atoms with Crippen molar-refractivity contribution in [2.24, 2.45) is 0 Å². The molecule has 2 rings (SSSR count). The first-order valence-corrected chi connectivity index (χ1v) is 5.98. The van der Waals surface area contributed by atoms with Crippen LogP contribution in [0.5, 0.6) is 0 Å². The summed E-state index contributed by atoms with van der Waals surface area (Å²) in [6.07, 6.45) is 0. The molecule has 0 saturated carbocycles. The highest BCUT2D eigenvalue weighted by Gasteiger charge is 2.15. The molecule has 0 spiro atoms. The van der Waals surface area contributed by atoms with Crippen LogP contribution in [-0.4, -0.2) is 5.91 Å². The van der Waals surface area contributed by atoms with Gasteiger partial charge in [0.1, 0.15) is 11.5 Å². The predicted octanol–water partition coefficient (Wildman–Crippen LogP) is 3.81. The average Bonchev–Trinajstić information content (AvgIpc) is 2.39. The van der Waals surface area contributed by atoms with Crippen molar-refractivity contribution in [2.75, 3.05) is 5.32 Å². The molecule has 0 aromatic heterocycles. The van der Waals surface area contributed by atoms with E-state index in [1.165, 1.54) is 19.1 Å². The minimum atomic E-state index is -0.807. The number of thiol groups is 1. The van der Waals surface area contributed by atoms with E-state index in [9.17, 15) is 13.6 Å². The molecule has 2 nitrogen and oxygen atoms in total. The van der Waals surface area contributed by atoms with E-state index in [-0.39, 0.29) is 11.1 Å². The summed E-state index contributed by atoms with van der Waals surface area (Å²) in [5.74, 6) is -2.16. The number of nitrogens with one attached hydrogen (secondary N) is 1. The molecule has 0 aliphatic carbocycles. The van der Waals surface area contributed by atoms with Gasteiger partial charge in [0.25, 0.3) is 5.91 Å². The standard InChI is InChI=1S/C14H11F2NOS/c1-8-5-6-11(15)13(12(8)16)17-14(18)9-3-2-4-10(19)7-9/h2-7,19H,1H3,(H,17,18). The molecule has 0 bridgehead atoms. The molecule has 2 aromatic rings. The molecule has 0 aliphatic rings. The van der Waals surface area contributed by atoms with Gasteiger partial charge in [0.15, 0.2) is 5.82 Å². The molecule has 98 valence electrons. The van der Waals surface area contributed by atoms with Crippen molar-refractivity contribution in [3.05, 3.63) is 59.2 Å². The first-order chi connectivity index (χ1) is 8.99. The number of carbonyl (C=O) groups is 1. The van der Waals surface area contributed by atoms with Crippen LogP contribution in [0.2, 0.25) is 0 Å². The lowest BCUT2D eigenvalue weighted by Crippen LogP contribution is -2.14. The first kappa shape index (κ1) is 13.5. The lowest BCUT2D eigenvalue weighted by atomic mass is 10.1. The number of hydrogen-bond donors (Lipinski definition) is 2. The summed E-state index contributed by atoms with van der Waals surface area (Å²) in [5.41, 5.74) is 0.113. The van der Waals surface area contributed by atoms with Crippen LogP contribution in [0.4, 0.5) is 14.5 Å². The van der Waals surface area contributed by atoms with Crippen LogP contribution in [0.25, 0.3) is 0 Å². The molecule has 0 saturated heterocycles. The molecular weight excluding hydrogens is 268 g/mol. The van der Waals surface area contributed by atoms with Crippen molar-refractivity contribution < 1.29 is 13.6 Å². The third-order valence-corrected chi connectivity index (χ3v) is 2.91. The van der Waals surface area contributed by atoms with Gasteiger partial charge < -0.3 is 5.32 Å². The molecule has 2 aromatic carbocycles. The largest absolute Gasteiger partial charge is 0.317 e. The van der Waals surface area contributed by atoms with E-state index in [4.69, 9.17) is 0 Å². The maximum absolute atomic E-state index is 13.7. The van der Waals surface area contributed by atoms with Crippen molar-refractivity contribution in [1.29, 1.82) is 0 Å². The Hall–Kier alpha value is -1.88. The van der Waals surface area contributed by atoms with E-state index in [1.807, 2.05) is 0 Å². The monoisotopic (exact) mass is 279 g/mol. The number of benzene rings is 2. The van der Waals surface area contributed by atoms with E-state index in [0.717, 1.165) is 6.07 Å². The lowest BCUT2D eigenvalue weighted by molar-refractivity contribution is 0.102. The van der Waals surface area contributed by atoms with Crippen LogP contribution in [0.3, 0.4) is 0 Å². The third kappa shape index (κ3) is 2.93. The van der Waals surface area contributed by atoms with Gasteiger partial charge in [-0.25, -0.2) is 8.78 Å². The second kappa shape index (κ2) is 5.40. The Morgan fingerprint density at radius 2 is 1.95 bits per heavy atom. The van der Waals surface area contributed by atoms with Crippen LogP contribution >= 0.6 is 12.6 Å². The minimum Gasteiger partial charge on any atom is -0.317 e. The smallest absolute Gasteiger partial charge is 0.255 e. The zero-order valence-corrected chi connectivity index (χ0v) is 11.0. The van der Waals surface area contributed by atoms with E-state index in [0.29, 0.717) is 4.90 Å². The summed E-state index contributed by atoms with van der Waals surface area (Å²) in [6, 6.07) is 8.83. The van der Waals surface area contributed by atoms with Gasteiger partial charge in [-0.15, -0.1) is 12.6 Å². The van der Waals surface area contributed by atoms with Gasteiger partial charge in [0.2, 0.25) is 0 Å². The summed E-state index contributed by atoms with van der Waals surface area (Å²) in [7, 11) is 0. The van der Waals surface area contributed by atoms with Crippen LogP contribution in [0.15, 0.2) is 41.3 Å². The molecule has 0 heterocycles. The van der Waals surface area contributed by atoms with Gasteiger partial charge in [-0.05, 0) is 36.8 Å². The van der Waals surface area contributed by atoms with Gasteiger partial charge in [0, 0.05) is 10.5 Å². The number of carbonyl (C=O) groups excluding carboxylic acids is 1. The Balaban J connectivity index is 2.32. The Labute approximate surface area is 114 Å². The Morgan fingerprint density at radius 1 is 1.21 bits per heavy atom. The summed E-state index contributed by atoms with van der Waals surface area (Å²) in [5, 5.41) is 2.24. The van der Waals surface area contributed by atoms with Crippen LogP contribution in [-0.2, 0) is 0 Å². The fourth-order valence-corrected chi connectivity index (χ4v) is 1.83. The van der Waals surface area contributed by atoms with Crippen molar-refractivity contribution in [2.45, 2.75) is 11.8 Å². The highest BCUT2D eigenvalue weighted by Crippen LogP contribution is 2.22. The van der Waals surface area contributed by atoms with Gasteiger partial charge >= 0.3 is 0 Å². The van der Waals surface area contributed by atoms with Crippen molar-refractivity contribution in [1.82, 2.24) is 0 Å². The fraction of sp³-hybridized carbons (Fsp3) is 0.0714. The molecule has 1 N–H and O–H groups in total. The number of halogens is 2. The topological polar surface area (TPSA) is 29.1 Å². The molecule has 1 amide bonds. The molecule has 0 aliphatic heterocycles. The molecule has 0 atom stereocenters. The van der Waals surface area contributed by atoms with Gasteiger partial charge in [-0.1, -0.05) is 12.1 Å². The zero-order chi connectivity index (χ0) is 14.0. The van der Waals surface area contributed by atoms with Gasteiger partial charge in [-0.3, -0.25) is 4.79 Å². The predicted molar refractivity (Wildman–Crippen MR) is 72.7 cm³/mol. The molecular formula is C14H11F2NOS. The summed E-state index contributed by atoms with van der Waals surface area (Å²) < 4.78 is 27.3. The molecule has 5 heteroatoms. The maximum Gasteiger partial charge on any atom is 0.255 e. The number of aryl methyl sites for hydroxylation is 1. The second-order valence-electron chi connectivity index (χ2n) is 4.06. The molecule has 0 fully saturated rings. The Bertz CT molecular complexity index is 643. The number of rotatable bonds is 2. The number of amides is 1. The molecule has 0 radical (unpaired) electrons. The van der Waals surface area contributed by atoms with E-state index >= 15 is 0 Å². The lowest BCUT2D eigenvalue weighted by Gasteiger charge is -2.09. The normalized spacial score (nSPS) is 10.3. The third-order valence-electron chi connectivity index (χ3n) is 2.63. The SMILES string of the molecule is Cc1ccc(F)c(NC(=O)c2cccc(S)c2)c1F. The highest BCUT2D eigenvalue weighted by atomic mass is 32.1. The van der Waals surface area contributed by atoms with Crippen molar-refractivity contribution >= 4 is 24.2 Å². The molecule has 19 heavy (non-hydrogen) atoms. The maximum atomic E-state index is 13.7. The van der Waals surface area contributed by atoms with Gasteiger partial charge in [-0.2, -0.15) is 0 Å². The van der Waals surface area contributed by atoms with E-state index in [1.54, 1.807) is 18.2 Å². The minimum absolute atomic E-state index is 0.264. The summed E-state index contributed by atoms with van der Waals surface area (Å²) >= 11 is 4.10. The van der Waals surface area contributed by atoms with Crippen molar-refractivity contribution in [3.8, 4) is 0 Å². The van der Waals surface area contributed by atoms with E-state index < -0.39 is 23.2 Å². The fourth-order valence-electron chi connectivity index (χ4n) is 1.60. The highest BCUT2D eigenvalue weighted by molar-refractivity contribution is 7.80. The zero-order valence-electron chi connectivity index (χ0n) is 10.1. The van der Waals surface area contributed by atoms with Crippen LogP contribution < -0.4 is 5.32 Å². The average molecular weight is 279 g/mol. The number of anilines is 1. The van der Waals surface area contributed by atoms with Gasteiger partial charge in [0.05, 0.1) is 0 Å². The van der Waals surface area contributed by atoms with E-state index in [2.05, 4.69) is 17.9 Å². The molecule has 0 unspecified atom stereocenters. The first-order valence-electron chi connectivity index (χ1n) is 5.54.